The van der Waals surface area contributed by atoms with Gasteiger partial charge in [-0.1, -0.05) is 28.8 Å². The first kappa shape index (κ1) is 14.3. The highest BCUT2D eigenvalue weighted by Crippen LogP contribution is 2.26. The van der Waals surface area contributed by atoms with Gasteiger partial charge in [-0.2, -0.15) is 0 Å². The Labute approximate surface area is 122 Å². The van der Waals surface area contributed by atoms with Crippen molar-refractivity contribution in [1.82, 2.24) is 10.3 Å². The third-order valence-electron chi connectivity index (χ3n) is 3.63. The van der Waals surface area contributed by atoms with Crippen LogP contribution in [0.25, 0.3) is 0 Å². The fourth-order valence-electron chi connectivity index (χ4n) is 2.55. The molecule has 1 aliphatic carbocycles. The van der Waals surface area contributed by atoms with E-state index in [1.165, 1.54) is 26.4 Å². The number of hydrogen-bond acceptors (Lipinski definition) is 3. The van der Waals surface area contributed by atoms with Crippen LogP contribution in [0.1, 0.15) is 36.0 Å². The van der Waals surface area contributed by atoms with Crippen molar-refractivity contribution in [2.75, 3.05) is 12.4 Å². The number of aromatic nitrogens is 1. The van der Waals surface area contributed by atoms with Gasteiger partial charge in [-0.25, -0.2) is 4.98 Å². The second-order valence-electron chi connectivity index (χ2n) is 4.84. The molecule has 0 radical (unpaired) electrons. The number of ether oxygens (including phenoxy) is 1. The summed E-state index contributed by atoms with van der Waals surface area (Å²) >= 11 is 3.54. The molecule has 0 saturated heterocycles. The van der Waals surface area contributed by atoms with Crippen molar-refractivity contribution >= 4 is 21.8 Å². The molecule has 1 N–H and O–H groups in total. The minimum Gasteiger partial charge on any atom is -0.480 e. The summed E-state index contributed by atoms with van der Waals surface area (Å²) in [6.45, 7) is 0. The molecular weight excluding hydrogens is 308 g/mol. The van der Waals surface area contributed by atoms with Crippen molar-refractivity contribution < 1.29 is 9.53 Å². The molecule has 1 aromatic rings. The van der Waals surface area contributed by atoms with Gasteiger partial charge in [0.05, 0.1) is 7.11 Å². The quantitative estimate of drug-likeness (QED) is 0.865. The zero-order valence-electron chi connectivity index (χ0n) is 11.1. The van der Waals surface area contributed by atoms with Crippen LogP contribution < -0.4 is 10.1 Å². The van der Waals surface area contributed by atoms with Crippen molar-refractivity contribution in [1.29, 1.82) is 0 Å². The number of amides is 1. The molecule has 0 aliphatic heterocycles. The van der Waals surface area contributed by atoms with Gasteiger partial charge in [0.25, 0.3) is 5.91 Å². The lowest BCUT2D eigenvalue weighted by Crippen LogP contribution is -2.42. The largest absolute Gasteiger partial charge is 0.480 e. The molecule has 104 valence electrons. The Kier molecular flexibility index (Phi) is 5.19. The number of alkyl halides is 1. The number of nitrogens with zero attached hydrogens (tertiary/aromatic N) is 1. The maximum absolute atomic E-state index is 12.3. The van der Waals surface area contributed by atoms with Crippen LogP contribution in [0.2, 0.25) is 0 Å². The zero-order chi connectivity index (χ0) is 13.7. The molecular formula is C14H19BrN2O2. The first-order chi connectivity index (χ1) is 9.26. The Balaban J connectivity index is 2.07. The van der Waals surface area contributed by atoms with E-state index in [-0.39, 0.29) is 11.9 Å². The maximum atomic E-state index is 12.3. The zero-order valence-corrected chi connectivity index (χ0v) is 12.6. The van der Waals surface area contributed by atoms with E-state index in [1.807, 2.05) is 0 Å². The van der Waals surface area contributed by atoms with Crippen molar-refractivity contribution in [3.8, 4) is 5.88 Å². The third kappa shape index (κ3) is 3.47. The smallest absolute Gasteiger partial charge is 0.256 e. The van der Waals surface area contributed by atoms with Crippen LogP contribution in [0.15, 0.2) is 18.3 Å². The van der Waals surface area contributed by atoms with Gasteiger partial charge in [0.15, 0.2) is 0 Å². The highest BCUT2D eigenvalue weighted by molar-refractivity contribution is 9.09. The average Bonchev–Trinajstić information content (AvgIpc) is 2.47. The van der Waals surface area contributed by atoms with Crippen LogP contribution in [0, 0.1) is 5.92 Å². The van der Waals surface area contributed by atoms with E-state index in [9.17, 15) is 4.79 Å². The Morgan fingerprint density at radius 2 is 2.32 bits per heavy atom. The molecule has 0 aromatic carbocycles. The first-order valence-corrected chi connectivity index (χ1v) is 7.74. The Morgan fingerprint density at radius 3 is 3.05 bits per heavy atom. The predicted molar refractivity (Wildman–Crippen MR) is 77.8 cm³/mol. The monoisotopic (exact) mass is 326 g/mol. The van der Waals surface area contributed by atoms with Crippen molar-refractivity contribution in [3.63, 3.8) is 0 Å². The highest BCUT2D eigenvalue weighted by Gasteiger charge is 2.26. The number of carbonyl (C=O) groups excluding carboxylic acids is 1. The van der Waals surface area contributed by atoms with Crippen molar-refractivity contribution in [2.24, 2.45) is 5.92 Å². The van der Waals surface area contributed by atoms with E-state index in [0.29, 0.717) is 17.4 Å². The molecule has 2 atom stereocenters. The second kappa shape index (κ2) is 6.89. The Hall–Kier alpha value is -1.10. The molecule has 1 fully saturated rings. The highest BCUT2D eigenvalue weighted by atomic mass is 79.9. The Morgan fingerprint density at radius 1 is 1.53 bits per heavy atom. The third-order valence-corrected chi connectivity index (χ3v) is 4.46. The summed E-state index contributed by atoms with van der Waals surface area (Å²) in [5.74, 6) is 0.800. The number of nitrogens with one attached hydrogen (secondary N) is 1. The maximum Gasteiger partial charge on any atom is 0.256 e. The molecule has 1 heterocycles. The summed E-state index contributed by atoms with van der Waals surface area (Å²) in [7, 11) is 1.53. The molecule has 0 spiro atoms. The number of methoxy groups -OCH3 is 1. The summed E-state index contributed by atoms with van der Waals surface area (Å²) < 4.78 is 5.13. The van der Waals surface area contributed by atoms with Crippen molar-refractivity contribution in [3.05, 3.63) is 23.9 Å². The van der Waals surface area contributed by atoms with Crippen LogP contribution >= 0.6 is 15.9 Å². The lowest BCUT2D eigenvalue weighted by Gasteiger charge is -2.31. The van der Waals surface area contributed by atoms with Crippen LogP contribution in [-0.4, -0.2) is 29.4 Å². The van der Waals surface area contributed by atoms with E-state index < -0.39 is 0 Å². The topological polar surface area (TPSA) is 51.2 Å². The minimum atomic E-state index is -0.0946. The van der Waals surface area contributed by atoms with E-state index in [0.717, 1.165) is 11.8 Å². The average molecular weight is 327 g/mol. The molecule has 1 saturated carbocycles. The van der Waals surface area contributed by atoms with Crippen molar-refractivity contribution in [2.45, 2.75) is 31.7 Å². The number of hydrogen-bond donors (Lipinski definition) is 1. The van der Waals surface area contributed by atoms with E-state index >= 15 is 0 Å². The molecule has 2 rings (SSSR count). The van der Waals surface area contributed by atoms with Gasteiger partial charge in [0, 0.05) is 17.6 Å². The SMILES string of the molecule is COc1ncccc1C(=O)NC1CCCCC1CBr. The van der Waals surface area contributed by atoms with E-state index in [2.05, 4.69) is 26.2 Å². The van der Waals surface area contributed by atoms with E-state index in [1.54, 1.807) is 18.3 Å². The van der Waals surface area contributed by atoms with Gasteiger partial charge in [-0.05, 0) is 30.9 Å². The minimum absolute atomic E-state index is 0.0946. The summed E-state index contributed by atoms with van der Waals surface area (Å²) in [5, 5.41) is 4.05. The van der Waals surface area contributed by atoms with Crippen LogP contribution in [0.5, 0.6) is 5.88 Å². The standard InChI is InChI=1S/C14H19BrN2O2/c1-19-14-11(6-4-8-16-14)13(18)17-12-7-3-2-5-10(12)9-15/h4,6,8,10,12H,2-3,5,7,9H2,1H3,(H,17,18). The van der Waals surface area contributed by atoms with Crippen LogP contribution in [0.3, 0.4) is 0 Å². The van der Waals surface area contributed by atoms with Crippen LogP contribution in [-0.2, 0) is 0 Å². The number of carbonyl (C=O) groups is 1. The molecule has 1 amide bonds. The van der Waals surface area contributed by atoms with Gasteiger partial charge < -0.3 is 10.1 Å². The van der Waals surface area contributed by atoms with Gasteiger partial charge in [-0.15, -0.1) is 0 Å². The predicted octanol–water partition coefficient (Wildman–Crippen LogP) is 2.77. The number of halogens is 1. The number of rotatable bonds is 4. The molecule has 2 unspecified atom stereocenters. The van der Waals surface area contributed by atoms with Gasteiger partial charge in [0.2, 0.25) is 5.88 Å². The first-order valence-electron chi connectivity index (χ1n) is 6.62. The molecule has 1 aromatic heterocycles. The molecule has 19 heavy (non-hydrogen) atoms. The molecule has 4 nitrogen and oxygen atoms in total. The number of pyridine rings is 1. The molecule has 0 bridgehead atoms. The fraction of sp³-hybridized carbons (Fsp3) is 0.571. The van der Waals surface area contributed by atoms with E-state index in [4.69, 9.17) is 4.74 Å². The normalized spacial score (nSPS) is 22.8. The van der Waals surface area contributed by atoms with Crippen LogP contribution in [0.4, 0.5) is 0 Å². The second-order valence-corrected chi connectivity index (χ2v) is 5.49. The lowest BCUT2D eigenvalue weighted by atomic mass is 9.86. The summed E-state index contributed by atoms with van der Waals surface area (Å²) in [4.78, 5) is 16.4. The van der Waals surface area contributed by atoms with Gasteiger partial charge in [-0.3, -0.25) is 4.79 Å². The fourth-order valence-corrected chi connectivity index (χ4v) is 3.33. The molecule has 1 aliphatic rings. The van der Waals surface area contributed by atoms with Gasteiger partial charge >= 0.3 is 0 Å². The molecule has 5 heteroatoms. The van der Waals surface area contributed by atoms with Gasteiger partial charge in [0.1, 0.15) is 5.56 Å². The lowest BCUT2D eigenvalue weighted by molar-refractivity contribution is 0.0908. The summed E-state index contributed by atoms with van der Waals surface area (Å²) in [6, 6.07) is 3.73. The summed E-state index contributed by atoms with van der Waals surface area (Å²) in [6.07, 6.45) is 6.26. The Bertz CT molecular complexity index is 439. The summed E-state index contributed by atoms with van der Waals surface area (Å²) in [5.41, 5.74) is 0.504.